The lowest BCUT2D eigenvalue weighted by Crippen LogP contribution is -2.38. The molecule has 2 heterocycles. The Bertz CT molecular complexity index is 335. The number of hydrogen-bond acceptors (Lipinski definition) is 4. The second-order valence-electron chi connectivity index (χ2n) is 3.92. The van der Waals surface area contributed by atoms with E-state index in [0.717, 1.165) is 19.4 Å². The number of piperidine rings is 1. The quantitative estimate of drug-likeness (QED) is 0.821. The van der Waals surface area contributed by atoms with Crippen molar-refractivity contribution in [1.29, 1.82) is 0 Å². The second-order valence-corrected chi connectivity index (χ2v) is 3.92. The maximum Gasteiger partial charge on any atom is 0.213 e. The molecule has 1 aromatic heterocycles. The van der Waals surface area contributed by atoms with Gasteiger partial charge in [-0.1, -0.05) is 0 Å². The monoisotopic (exact) mass is 243 g/mol. The van der Waals surface area contributed by atoms with Crippen molar-refractivity contribution < 1.29 is 4.74 Å². The van der Waals surface area contributed by atoms with Crippen LogP contribution in [-0.4, -0.2) is 24.7 Å². The van der Waals surface area contributed by atoms with Crippen molar-refractivity contribution in [1.82, 2.24) is 10.3 Å². The first kappa shape index (κ1) is 13.2. The average Bonchev–Trinajstić information content (AvgIpc) is 2.29. The second kappa shape index (κ2) is 6.03. The summed E-state index contributed by atoms with van der Waals surface area (Å²) < 4.78 is 5.10. The summed E-state index contributed by atoms with van der Waals surface area (Å²) in [5.74, 6) is 0.661. The molecule has 0 bridgehead atoms. The molecule has 16 heavy (non-hydrogen) atoms. The molecule has 0 saturated carbocycles. The highest BCUT2D eigenvalue weighted by Crippen LogP contribution is 2.23. The van der Waals surface area contributed by atoms with Crippen molar-refractivity contribution in [2.75, 3.05) is 13.7 Å². The van der Waals surface area contributed by atoms with E-state index in [4.69, 9.17) is 10.5 Å². The van der Waals surface area contributed by atoms with E-state index in [9.17, 15) is 0 Å². The number of rotatable bonds is 2. The van der Waals surface area contributed by atoms with E-state index in [0.29, 0.717) is 18.0 Å². The van der Waals surface area contributed by atoms with E-state index in [2.05, 4.69) is 10.3 Å². The van der Waals surface area contributed by atoms with Gasteiger partial charge in [0.15, 0.2) is 0 Å². The molecule has 1 saturated heterocycles. The highest BCUT2D eigenvalue weighted by atomic mass is 35.5. The predicted molar refractivity (Wildman–Crippen MR) is 66.0 cm³/mol. The Balaban J connectivity index is 0.00000128. The number of methoxy groups -OCH3 is 1. The van der Waals surface area contributed by atoms with E-state index in [1.807, 2.05) is 12.1 Å². The minimum absolute atomic E-state index is 0. The topological polar surface area (TPSA) is 60.2 Å². The van der Waals surface area contributed by atoms with Crippen LogP contribution < -0.4 is 15.8 Å². The number of nitrogens with two attached hydrogens (primary N) is 1. The summed E-state index contributed by atoms with van der Waals surface area (Å²) in [6.07, 6.45) is 3.81. The third-order valence-electron chi connectivity index (χ3n) is 2.81. The molecule has 0 radical (unpaired) electrons. The summed E-state index contributed by atoms with van der Waals surface area (Å²) in [4.78, 5) is 4.09. The number of aromatic nitrogens is 1. The molecule has 1 aliphatic rings. The summed E-state index contributed by atoms with van der Waals surface area (Å²) in [7, 11) is 1.63. The van der Waals surface area contributed by atoms with E-state index in [1.165, 1.54) is 5.56 Å². The highest BCUT2D eigenvalue weighted by Gasteiger charge is 2.20. The van der Waals surface area contributed by atoms with E-state index >= 15 is 0 Å². The number of halogens is 1. The molecule has 2 unspecified atom stereocenters. The van der Waals surface area contributed by atoms with Gasteiger partial charge in [0.1, 0.15) is 0 Å². The normalized spacial score (nSPS) is 24.6. The van der Waals surface area contributed by atoms with Gasteiger partial charge in [-0.25, -0.2) is 4.98 Å². The maximum atomic E-state index is 5.95. The van der Waals surface area contributed by atoms with Crippen molar-refractivity contribution in [2.24, 2.45) is 5.73 Å². The van der Waals surface area contributed by atoms with Crippen LogP contribution in [0.1, 0.15) is 24.4 Å². The Labute approximate surface area is 102 Å². The van der Waals surface area contributed by atoms with Gasteiger partial charge in [0.05, 0.1) is 7.11 Å². The Morgan fingerprint density at radius 1 is 1.56 bits per heavy atom. The lowest BCUT2D eigenvalue weighted by Gasteiger charge is -2.28. The zero-order valence-electron chi connectivity index (χ0n) is 9.35. The fraction of sp³-hybridized carbons (Fsp3) is 0.545. The summed E-state index contributed by atoms with van der Waals surface area (Å²) >= 11 is 0. The van der Waals surface area contributed by atoms with E-state index in [-0.39, 0.29) is 12.4 Å². The maximum absolute atomic E-state index is 5.95. The molecule has 5 heteroatoms. The fourth-order valence-electron chi connectivity index (χ4n) is 1.95. The third-order valence-corrected chi connectivity index (χ3v) is 2.81. The lowest BCUT2D eigenvalue weighted by molar-refractivity contribution is 0.364. The first-order valence-corrected chi connectivity index (χ1v) is 5.28. The molecule has 2 atom stereocenters. The van der Waals surface area contributed by atoms with Crippen LogP contribution in [0.25, 0.3) is 0 Å². The average molecular weight is 244 g/mol. The number of ether oxygens (including phenoxy) is 1. The SMILES string of the molecule is COc1cc(C2CC(N)CCN2)ccn1.Cl. The number of hydrogen-bond donors (Lipinski definition) is 2. The molecule has 0 spiro atoms. The molecular weight excluding hydrogens is 226 g/mol. The molecule has 90 valence electrons. The number of nitrogens with one attached hydrogen (secondary N) is 1. The van der Waals surface area contributed by atoms with Crippen molar-refractivity contribution in [3.05, 3.63) is 23.9 Å². The Hall–Kier alpha value is -0.840. The van der Waals surface area contributed by atoms with Gasteiger partial charge in [0.25, 0.3) is 0 Å². The molecule has 1 fully saturated rings. The van der Waals surface area contributed by atoms with Crippen LogP contribution in [0.3, 0.4) is 0 Å². The zero-order chi connectivity index (χ0) is 10.7. The summed E-state index contributed by atoms with van der Waals surface area (Å²) in [5.41, 5.74) is 7.15. The Morgan fingerprint density at radius 3 is 3.06 bits per heavy atom. The highest BCUT2D eigenvalue weighted by molar-refractivity contribution is 5.85. The van der Waals surface area contributed by atoms with Crippen LogP contribution in [-0.2, 0) is 0 Å². The van der Waals surface area contributed by atoms with Gasteiger partial charge in [-0.2, -0.15) is 0 Å². The van der Waals surface area contributed by atoms with Crippen LogP contribution >= 0.6 is 12.4 Å². The first-order valence-electron chi connectivity index (χ1n) is 5.28. The minimum atomic E-state index is 0. The van der Waals surface area contributed by atoms with E-state index < -0.39 is 0 Å². The summed E-state index contributed by atoms with van der Waals surface area (Å²) in [5, 5.41) is 3.45. The molecule has 1 aromatic rings. The Morgan fingerprint density at radius 2 is 2.38 bits per heavy atom. The molecular formula is C11H18ClN3O. The molecule has 0 aliphatic carbocycles. The van der Waals surface area contributed by atoms with Crippen LogP contribution in [0.5, 0.6) is 5.88 Å². The number of pyridine rings is 1. The van der Waals surface area contributed by atoms with Crippen molar-refractivity contribution >= 4 is 12.4 Å². The molecule has 4 nitrogen and oxygen atoms in total. The molecule has 3 N–H and O–H groups in total. The zero-order valence-corrected chi connectivity index (χ0v) is 10.2. The summed E-state index contributed by atoms with van der Waals surface area (Å²) in [6, 6.07) is 4.62. The number of nitrogens with zero attached hydrogens (tertiary/aromatic N) is 1. The largest absolute Gasteiger partial charge is 0.481 e. The van der Waals surface area contributed by atoms with Gasteiger partial charge in [-0.05, 0) is 31.0 Å². The van der Waals surface area contributed by atoms with Crippen LogP contribution in [0.15, 0.2) is 18.3 Å². The third kappa shape index (κ3) is 3.07. The van der Waals surface area contributed by atoms with Gasteiger partial charge in [-0.3, -0.25) is 0 Å². The molecule has 1 aliphatic heterocycles. The van der Waals surface area contributed by atoms with Gasteiger partial charge in [0, 0.05) is 24.3 Å². The fourth-order valence-corrected chi connectivity index (χ4v) is 1.95. The van der Waals surface area contributed by atoms with Crippen LogP contribution in [0.2, 0.25) is 0 Å². The van der Waals surface area contributed by atoms with Crippen LogP contribution in [0, 0.1) is 0 Å². The molecule has 0 amide bonds. The Kier molecular flexibility index (Phi) is 4.99. The van der Waals surface area contributed by atoms with Crippen molar-refractivity contribution in [3.63, 3.8) is 0 Å². The molecule has 0 aromatic carbocycles. The molecule has 2 rings (SSSR count). The first-order chi connectivity index (χ1) is 7.29. The smallest absolute Gasteiger partial charge is 0.213 e. The van der Waals surface area contributed by atoms with Crippen molar-refractivity contribution in [2.45, 2.75) is 24.9 Å². The summed E-state index contributed by atoms with van der Waals surface area (Å²) in [6.45, 7) is 0.983. The predicted octanol–water partition coefficient (Wildman–Crippen LogP) is 1.26. The van der Waals surface area contributed by atoms with E-state index in [1.54, 1.807) is 13.3 Å². The van der Waals surface area contributed by atoms with Crippen LogP contribution in [0.4, 0.5) is 0 Å². The standard InChI is InChI=1S/C11H17N3O.ClH/c1-15-11-6-8(2-4-14-11)10-7-9(12)3-5-13-10;/h2,4,6,9-10,13H,3,5,7,12H2,1H3;1H. The van der Waals surface area contributed by atoms with Gasteiger partial charge < -0.3 is 15.8 Å². The van der Waals surface area contributed by atoms with Gasteiger partial charge in [0.2, 0.25) is 5.88 Å². The minimum Gasteiger partial charge on any atom is -0.481 e. The van der Waals surface area contributed by atoms with Gasteiger partial charge in [-0.15, -0.1) is 12.4 Å². The lowest BCUT2D eigenvalue weighted by atomic mass is 9.95. The van der Waals surface area contributed by atoms with Crippen molar-refractivity contribution in [3.8, 4) is 5.88 Å². The van der Waals surface area contributed by atoms with Gasteiger partial charge >= 0.3 is 0 Å².